The summed E-state index contributed by atoms with van der Waals surface area (Å²) in [6.45, 7) is 0.659. The van der Waals surface area contributed by atoms with E-state index in [-0.39, 0.29) is 29.5 Å². The lowest BCUT2D eigenvalue weighted by Gasteiger charge is -2.35. The highest BCUT2D eigenvalue weighted by Gasteiger charge is 2.29. The van der Waals surface area contributed by atoms with E-state index in [1.54, 1.807) is 34.8 Å². The normalized spacial score (nSPS) is 18.1. The van der Waals surface area contributed by atoms with Gasteiger partial charge < -0.3 is 20.3 Å². The van der Waals surface area contributed by atoms with Crippen molar-refractivity contribution in [3.05, 3.63) is 40.2 Å². The monoisotopic (exact) mass is 329 g/mol. The van der Waals surface area contributed by atoms with Crippen molar-refractivity contribution >= 4 is 22.5 Å². The largest absolute Gasteiger partial charge is 0.398 e. The maximum absolute atomic E-state index is 13.0. The summed E-state index contributed by atoms with van der Waals surface area (Å²) in [5.74, 6) is -0.265. The van der Waals surface area contributed by atoms with Gasteiger partial charge in [-0.05, 0) is 37.8 Å². The number of nitrogens with zero attached hydrogens (tertiary/aromatic N) is 2. The molecule has 1 aromatic carbocycles. The van der Waals surface area contributed by atoms with Crippen LogP contribution >= 0.6 is 0 Å². The van der Waals surface area contributed by atoms with Gasteiger partial charge in [0.25, 0.3) is 5.91 Å². The number of carbonyl (C=O) groups is 1. The van der Waals surface area contributed by atoms with Crippen LogP contribution in [0.4, 0.5) is 5.69 Å². The number of aliphatic hydroxyl groups excluding tert-OH is 1. The molecule has 1 atom stereocenters. The molecule has 1 unspecified atom stereocenters. The average Bonchev–Trinajstić information content (AvgIpc) is 2.58. The molecule has 1 aliphatic heterocycles. The molecular formula is C18H23N3O3. The number of hydrogen-bond donors (Lipinski definition) is 2. The van der Waals surface area contributed by atoms with Gasteiger partial charge in [0, 0.05) is 38.1 Å². The molecule has 1 aliphatic rings. The number of carbonyl (C=O) groups excluding carboxylic acids is 1. The van der Waals surface area contributed by atoms with E-state index < -0.39 is 0 Å². The van der Waals surface area contributed by atoms with Gasteiger partial charge in [-0.3, -0.25) is 9.59 Å². The van der Waals surface area contributed by atoms with Crippen LogP contribution in [0.5, 0.6) is 0 Å². The molecule has 0 saturated carbocycles. The highest BCUT2D eigenvalue weighted by molar-refractivity contribution is 6.00. The predicted octanol–water partition coefficient (Wildman–Crippen LogP) is 1.50. The minimum atomic E-state index is -0.320. The van der Waals surface area contributed by atoms with Crippen LogP contribution in [0.2, 0.25) is 0 Å². The summed E-state index contributed by atoms with van der Waals surface area (Å²) in [5.41, 5.74) is 6.90. The number of anilines is 1. The Balaban J connectivity index is 2.08. The second-order valence-corrected chi connectivity index (χ2v) is 6.38. The summed E-state index contributed by atoms with van der Waals surface area (Å²) in [6.07, 6.45) is 4.96. The number of fused-ring (bicyclic) bond motifs is 1. The molecule has 2 heterocycles. The van der Waals surface area contributed by atoms with Gasteiger partial charge >= 0.3 is 0 Å². The van der Waals surface area contributed by atoms with Crippen molar-refractivity contribution in [2.45, 2.75) is 31.7 Å². The number of aromatic nitrogens is 1. The fourth-order valence-electron chi connectivity index (χ4n) is 3.58. The topological polar surface area (TPSA) is 88.6 Å². The van der Waals surface area contributed by atoms with Crippen LogP contribution < -0.4 is 11.2 Å². The third kappa shape index (κ3) is 2.78. The average molecular weight is 329 g/mol. The van der Waals surface area contributed by atoms with Crippen LogP contribution in [-0.4, -0.2) is 39.7 Å². The van der Waals surface area contributed by atoms with E-state index in [2.05, 4.69) is 0 Å². The zero-order chi connectivity index (χ0) is 17.3. The van der Waals surface area contributed by atoms with Crippen molar-refractivity contribution in [2.75, 3.05) is 18.9 Å². The third-order valence-corrected chi connectivity index (χ3v) is 4.83. The maximum atomic E-state index is 13.0. The van der Waals surface area contributed by atoms with Crippen LogP contribution in [-0.2, 0) is 7.05 Å². The summed E-state index contributed by atoms with van der Waals surface area (Å²) in [4.78, 5) is 27.6. The SMILES string of the molecule is Cn1cc(C(=O)N2CCCCC2CCO)c(=O)c2c(N)cccc21. The molecule has 24 heavy (non-hydrogen) atoms. The number of benzene rings is 1. The van der Waals surface area contributed by atoms with Crippen LogP contribution in [0.15, 0.2) is 29.2 Å². The molecule has 1 aromatic heterocycles. The molecule has 3 N–H and O–H groups in total. The van der Waals surface area contributed by atoms with Gasteiger partial charge in [0.1, 0.15) is 5.56 Å². The lowest BCUT2D eigenvalue weighted by atomic mass is 9.98. The first-order valence-corrected chi connectivity index (χ1v) is 8.34. The van der Waals surface area contributed by atoms with Gasteiger partial charge in [0.05, 0.1) is 10.9 Å². The van der Waals surface area contributed by atoms with Crippen LogP contribution in [0.1, 0.15) is 36.0 Å². The Labute approximate surface area is 140 Å². The lowest BCUT2D eigenvalue weighted by molar-refractivity contribution is 0.0573. The van der Waals surface area contributed by atoms with Gasteiger partial charge in [-0.25, -0.2) is 0 Å². The Morgan fingerprint density at radius 1 is 1.38 bits per heavy atom. The van der Waals surface area contributed by atoms with Crippen LogP contribution in [0.25, 0.3) is 10.9 Å². The summed E-state index contributed by atoms with van der Waals surface area (Å²) in [7, 11) is 1.80. The van der Waals surface area contributed by atoms with E-state index in [0.717, 1.165) is 19.3 Å². The highest BCUT2D eigenvalue weighted by atomic mass is 16.3. The van der Waals surface area contributed by atoms with Crippen molar-refractivity contribution in [1.82, 2.24) is 9.47 Å². The Morgan fingerprint density at radius 2 is 2.17 bits per heavy atom. The first-order valence-electron chi connectivity index (χ1n) is 8.34. The van der Waals surface area contributed by atoms with Crippen molar-refractivity contribution in [3.63, 3.8) is 0 Å². The van der Waals surface area contributed by atoms with Crippen LogP contribution in [0, 0.1) is 0 Å². The smallest absolute Gasteiger partial charge is 0.259 e. The van der Waals surface area contributed by atoms with E-state index in [0.29, 0.717) is 29.6 Å². The lowest BCUT2D eigenvalue weighted by Crippen LogP contribution is -2.45. The van der Waals surface area contributed by atoms with Gasteiger partial charge in [-0.15, -0.1) is 0 Å². The molecule has 2 aromatic rings. The summed E-state index contributed by atoms with van der Waals surface area (Å²) < 4.78 is 1.77. The van der Waals surface area contributed by atoms with Crippen molar-refractivity contribution in [3.8, 4) is 0 Å². The van der Waals surface area contributed by atoms with E-state index in [1.807, 2.05) is 6.07 Å². The standard InChI is InChI=1S/C18H23N3O3/c1-20-11-13(17(23)16-14(19)6-4-7-15(16)20)18(24)21-9-3-2-5-12(21)8-10-22/h4,6-7,11-12,22H,2-3,5,8-10,19H2,1H3. The quantitative estimate of drug-likeness (QED) is 0.835. The molecular weight excluding hydrogens is 306 g/mol. The molecule has 6 nitrogen and oxygen atoms in total. The van der Waals surface area contributed by atoms with Gasteiger partial charge in [0.2, 0.25) is 5.43 Å². The minimum Gasteiger partial charge on any atom is -0.398 e. The van der Waals surface area contributed by atoms with Crippen molar-refractivity contribution < 1.29 is 9.90 Å². The Bertz CT molecular complexity index is 826. The molecule has 1 fully saturated rings. The molecule has 0 bridgehead atoms. The Kier molecular flexibility index (Phi) is 4.57. The number of aryl methyl sites for hydroxylation is 1. The molecule has 3 rings (SSSR count). The summed E-state index contributed by atoms with van der Waals surface area (Å²) in [5, 5.41) is 9.64. The first kappa shape index (κ1) is 16.5. The number of likely N-dealkylation sites (tertiary alicyclic amines) is 1. The number of pyridine rings is 1. The van der Waals surface area contributed by atoms with Gasteiger partial charge in [-0.2, -0.15) is 0 Å². The fourth-order valence-corrected chi connectivity index (χ4v) is 3.58. The predicted molar refractivity (Wildman–Crippen MR) is 94.0 cm³/mol. The van der Waals surface area contributed by atoms with Crippen LogP contribution in [0.3, 0.4) is 0 Å². The van der Waals surface area contributed by atoms with Gasteiger partial charge in [-0.1, -0.05) is 6.07 Å². The molecule has 0 spiro atoms. The number of nitrogen functional groups attached to an aromatic ring is 1. The number of hydrogen-bond acceptors (Lipinski definition) is 4. The molecule has 0 radical (unpaired) electrons. The van der Waals surface area contributed by atoms with E-state index >= 15 is 0 Å². The van der Waals surface area contributed by atoms with Crippen molar-refractivity contribution in [2.24, 2.45) is 7.05 Å². The number of nitrogens with two attached hydrogens (primary N) is 1. The molecule has 6 heteroatoms. The Morgan fingerprint density at radius 3 is 2.92 bits per heavy atom. The fraction of sp³-hybridized carbons (Fsp3) is 0.444. The maximum Gasteiger partial charge on any atom is 0.259 e. The minimum absolute atomic E-state index is 0.00947. The molecule has 1 amide bonds. The zero-order valence-electron chi connectivity index (χ0n) is 13.9. The van der Waals surface area contributed by atoms with Gasteiger partial charge in [0.15, 0.2) is 0 Å². The molecule has 1 saturated heterocycles. The number of amides is 1. The van der Waals surface area contributed by atoms with E-state index in [9.17, 15) is 14.7 Å². The second kappa shape index (κ2) is 6.65. The number of aliphatic hydroxyl groups is 1. The first-order chi connectivity index (χ1) is 11.5. The molecule has 0 aliphatic carbocycles. The number of rotatable bonds is 3. The zero-order valence-corrected chi connectivity index (χ0v) is 13.9. The number of piperidine rings is 1. The third-order valence-electron chi connectivity index (χ3n) is 4.83. The summed E-state index contributed by atoms with van der Waals surface area (Å²) in [6, 6.07) is 5.27. The van der Waals surface area contributed by atoms with E-state index in [1.165, 1.54) is 0 Å². The highest BCUT2D eigenvalue weighted by Crippen LogP contribution is 2.23. The summed E-state index contributed by atoms with van der Waals surface area (Å²) >= 11 is 0. The second-order valence-electron chi connectivity index (χ2n) is 6.38. The Hall–Kier alpha value is -2.34. The molecule has 128 valence electrons. The van der Waals surface area contributed by atoms with Crippen molar-refractivity contribution in [1.29, 1.82) is 0 Å². The van der Waals surface area contributed by atoms with E-state index in [4.69, 9.17) is 5.73 Å².